The van der Waals surface area contributed by atoms with Gasteiger partial charge in [0.25, 0.3) is 0 Å². The van der Waals surface area contributed by atoms with Crippen molar-refractivity contribution in [2.45, 2.75) is 13.5 Å². The van der Waals surface area contributed by atoms with Crippen molar-refractivity contribution in [3.8, 4) is 5.69 Å². The average molecular weight is 352 g/mol. The third-order valence-corrected chi connectivity index (χ3v) is 4.19. The molecule has 5 nitrogen and oxygen atoms in total. The monoisotopic (exact) mass is 351 g/mol. The van der Waals surface area contributed by atoms with Gasteiger partial charge in [-0.15, -0.1) is 0 Å². The summed E-state index contributed by atoms with van der Waals surface area (Å²) in [5.74, 6) is 0.0997. The van der Waals surface area contributed by atoms with E-state index in [1.165, 1.54) is 16.8 Å². The van der Waals surface area contributed by atoms with E-state index in [1.807, 2.05) is 6.92 Å². The summed E-state index contributed by atoms with van der Waals surface area (Å²) in [6, 6.07) is 9.82. The summed E-state index contributed by atoms with van der Waals surface area (Å²) in [5, 5.41) is 15.3. The van der Waals surface area contributed by atoms with E-state index < -0.39 is 0 Å². The standard InChI is InChI=1S/C15H12Cl2FN5/c1-9-5-6-11(18)7-10(9)8-19-15-20-21-22-23(15)13-4-2-3-12(16)14(13)17/h2-7H,8H2,1H3,(H,19,20,22). The van der Waals surface area contributed by atoms with E-state index in [0.717, 1.165) is 11.1 Å². The number of hydrogen-bond donors (Lipinski definition) is 1. The highest BCUT2D eigenvalue weighted by molar-refractivity contribution is 6.43. The Bertz CT molecular complexity index is 850. The molecule has 0 unspecified atom stereocenters. The van der Waals surface area contributed by atoms with Crippen LogP contribution in [0.4, 0.5) is 10.3 Å². The molecule has 0 saturated carbocycles. The van der Waals surface area contributed by atoms with Crippen LogP contribution in [0.5, 0.6) is 0 Å². The second-order valence-electron chi connectivity index (χ2n) is 4.91. The van der Waals surface area contributed by atoms with E-state index in [2.05, 4.69) is 20.8 Å². The van der Waals surface area contributed by atoms with Gasteiger partial charge in [-0.25, -0.2) is 4.39 Å². The minimum absolute atomic E-state index is 0.287. The maximum absolute atomic E-state index is 13.3. The second-order valence-corrected chi connectivity index (χ2v) is 5.70. The van der Waals surface area contributed by atoms with Crippen LogP contribution in [-0.4, -0.2) is 20.2 Å². The Hall–Kier alpha value is -2.18. The zero-order valence-electron chi connectivity index (χ0n) is 12.1. The Kier molecular flexibility index (Phi) is 4.45. The third kappa shape index (κ3) is 3.28. The lowest BCUT2D eigenvalue weighted by Crippen LogP contribution is -2.09. The molecule has 2 aromatic carbocycles. The fourth-order valence-electron chi connectivity index (χ4n) is 2.12. The van der Waals surface area contributed by atoms with Crippen molar-refractivity contribution in [2.75, 3.05) is 5.32 Å². The van der Waals surface area contributed by atoms with Crippen molar-refractivity contribution in [3.05, 3.63) is 63.4 Å². The van der Waals surface area contributed by atoms with Crippen molar-refractivity contribution in [2.24, 2.45) is 0 Å². The first-order valence-corrected chi connectivity index (χ1v) is 7.53. The van der Waals surface area contributed by atoms with Gasteiger partial charge in [0.1, 0.15) is 5.82 Å². The zero-order chi connectivity index (χ0) is 16.4. The maximum Gasteiger partial charge on any atom is 0.248 e. The van der Waals surface area contributed by atoms with Gasteiger partial charge in [-0.1, -0.05) is 40.4 Å². The molecule has 0 spiro atoms. The van der Waals surface area contributed by atoms with E-state index in [-0.39, 0.29) is 5.82 Å². The van der Waals surface area contributed by atoms with Crippen LogP contribution in [0, 0.1) is 12.7 Å². The van der Waals surface area contributed by atoms with Crippen LogP contribution in [-0.2, 0) is 6.54 Å². The van der Waals surface area contributed by atoms with Gasteiger partial charge in [0, 0.05) is 6.54 Å². The fourth-order valence-corrected chi connectivity index (χ4v) is 2.50. The molecule has 1 N–H and O–H groups in total. The number of tetrazole rings is 1. The molecule has 0 atom stereocenters. The Morgan fingerprint density at radius 1 is 1.22 bits per heavy atom. The first-order valence-electron chi connectivity index (χ1n) is 6.78. The highest BCUT2D eigenvalue weighted by Gasteiger charge is 2.13. The van der Waals surface area contributed by atoms with Crippen LogP contribution in [0.2, 0.25) is 10.0 Å². The lowest BCUT2D eigenvalue weighted by molar-refractivity contribution is 0.625. The molecule has 118 valence electrons. The molecule has 0 aliphatic rings. The SMILES string of the molecule is Cc1ccc(F)cc1CNc1nnnn1-c1cccc(Cl)c1Cl. The molecule has 3 rings (SSSR count). The highest BCUT2D eigenvalue weighted by atomic mass is 35.5. The first-order chi connectivity index (χ1) is 11.1. The summed E-state index contributed by atoms with van der Waals surface area (Å²) in [4.78, 5) is 0. The summed E-state index contributed by atoms with van der Waals surface area (Å²) >= 11 is 12.2. The van der Waals surface area contributed by atoms with Gasteiger partial charge < -0.3 is 5.32 Å². The fraction of sp³-hybridized carbons (Fsp3) is 0.133. The molecular weight excluding hydrogens is 340 g/mol. The van der Waals surface area contributed by atoms with Crippen molar-refractivity contribution < 1.29 is 4.39 Å². The maximum atomic E-state index is 13.3. The molecule has 0 radical (unpaired) electrons. The molecule has 1 heterocycles. The van der Waals surface area contributed by atoms with E-state index >= 15 is 0 Å². The van der Waals surface area contributed by atoms with Gasteiger partial charge in [-0.3, -0.25) is 0 Å². The largest absolute Gasteiger partial charge is 0.349 e. The van der Waals surface area contributed by atoms with Crippen LogP contribution in [0.15, 0.2) is 36.4 Å². The molecule has 0 bridgehead atoms. The third-order valence-electron chi connectivity index (χ3n) is 3.38. The molecule has 3 aromatic rings. The molecule has 0 saturated heterocycles. The van der Waals surface area contributed by atoms with Gasteiger partial charge in [-0.2, -0.15) is 4.68 Å². The number of anilines is 1. The van der Waals surface area contributed by atoms with Crippen LogP contribution >= 0.6 is 23.2 Å². The van der Waals surface area contributed by atoms with Gasteiger partial charge in [0.05, 0.1) is 15.7 Å². The number of halogens is 3. The molecule has 0 aliphatic heterocycles. The summed E-state index contributed by atoms with van der Waals surface area (Å²) in [6.45, 7) is 2.29. The molecule has 1 aromatic heterocycles. The number of aromatic nitrogens is 4. The first kappa shape index (κ1) is 15.7. The molecular formula is C15H12Cl2FN5. The minimum atomic E-state index is -0.287. The number of benzene rings is 2. The Balaban J connectivity index is 1.87. The number of nitrogens with one attached hydrogen (secondary N) is 1. The van der Waals surface area contributed by atoms with Crippen molar-refractivity contribution >= 4 is 29.2 Å². The summed E-state index contributed by atoms with van der Waals surface area (Å²) in [5.41, 5.74) is 2.35. The topological polar surface area (TPSA) is 55.6 Å². The number of nitrogens with zero attached hydrogens (tertiary/aromatic N) is 4. The van der Waals surface area contributed by atoms with Gasteiger partial charge in [-0.05, 0) is 52.7 Å². The van der Waals surface area contributed by atoms with E-state index in [0.29, 0.717) is 28.2 Å². The van der Waals surface area contributed by atoms with Crippen molar-refractivity contribution in [1.29, 1.82) is 0 Å². The Labute approximate surface area is 142 Å². The summed E-state index contributed by atoms with van der Waals surface area (Å²) in [6.07, 6.45) is 0. The smallest absolute Gasteiger partial charge is 0.248 e. The predicted molar refractivity (Wildman–Crippen MR) is 87.6 cm³/mol. The van der Waals surface area contributed by atoms with Crippen molar-refractivity contribution in [3.63, 3.8) is 0 Å². The highest BCUT2D eigenvalue weighted by Crippen LogP contribution is 2.29. The second kappa shape index (κ2) is 6.52. The van der Waals surface area contributed by atoms with Crippen LogP contribution in [0.1, 0.15) is 11.1 Å². The molecule has 0 aliphatic carbocycles. The van der Waals surface area contributed by atoms with Crippen LogP contribution < -0.4 is 5.32 Å². The van der Waals surface area contributed by atoms with Gasteiger partial charge in [0.2, 0.25) is 5.95 Å². The van der Waals surface area contributed by atoms with E-state index in [4.69, 9.17) is 23.2 Å². The van der Waals surface area contributed by atoms with Crippen LogP contribution in [0.3, 0.4) is 0 Å². The van der Waals surface area contributed by atoms with E-state index in [1.54, 1.807) is 24.3 Å². The molecule has 0 fully saturated rings. The van der Waals surface area contributed by atoms with E-state index in [9.17, 15) is 4.39 Å². The Morgan fingerprint density at radius 3 is 2.87 bits per heavy atom. The molecule has 0 amide bonds. The zero-order valence-corrected chi connectivity index (χ0v) is 13.6. The quantitative estimate of drug-likeness (QED) is 0.770. The number of hydrogen-bond acceptors (Lipinski definition) is 4. The summed E-state index contributed by atoms with van der Waals surface area (Å²) in [7, 11) is 0. The van der Waals surface area contributed by atoms with Crippen molar-refractivity contribution in [1.82, 2.24) is 20.2 Å². The molecule has 23 heavy (non-hydrogen) atoms. The molecule has 8 heteroatoms. The average Bonchev–Trinajstić information content (AvgIpc) is 2.99. The minimum Gasteiger partial charge on any atom is -0.349 e. The van der Waals surface area contributed by atoms with Gasteiger partial charge in [0.15, 0.2) is 0 Å². The lowest BCUT2D eigenvalue weighted by Gasteiger charge is -2.10. The summed E-state index contributed by atoms with van der Waals surface area (Å²) < 4.78 is 14.8. The van der Waals surface area contributed by atoms with Crippen LogP contribution in [0.25, 0.3) is 5.69 Å². The van der Waals surface area contributed by atoms with Gasteiger partial charge >= 0.3 is 0 Å². The number of aryl methyl sites for hydroxylation is 1. The number of rotatable bonds is 4. The Morgan fingerprint density at radius 2 is 2.04 bits per heavy atom. The lowest BCUT2D eigenvalue weighted by atomic mass is 10.1. The normalized spacial score (nSPS) is 10.8. The predicted octanol–water partition coefficient (Wildman–Crippen LogP) is 4.03.